The maximum atomic E-state index is 11.2. The molecular weight excluding hydrogens is 178 g/mol. The van der Waals surface area contributed by atoms with Crippen molar-refractivity contribution in [1.29, 1.82) is 0 Å². The molecule has 0 aliphatic carbocycles. The number of methoxy groups -OCH3 is 1. The van der Waals surface area contributed by atoms with Gasteiger partial charge in [-0.25, -0.2) is 4.79 Å². The zero-order valence-corrected chi connectivity index (χ0v) is 9.26. The maximum Gasteiger partial charge on any atom is 0.339 e. The summed E-state index contributed by atoms with van der Waals surface area (Å²) in [6.45, 7) is 7.58. The number of esters is 1. The second-order valence-corrected chi connectivity index (χ2v) is 2.84. The van der Waals surface area contributed by atoms with Crippen LogP contribution in [0.5, 0.6) is 0 Å². The van der Waals surface area contributed by atoms with Crippen LogP contribution in [0.1, 0.15) is 20.3 Å². The topological polar surface area (TPSA) is 38.7 Å². The molecule has 78 valence electrons. The van der Waals surface area contributed by atoms with Crippen LogP contribution in [0.4, 0.5) is 0 Å². The maximum absolute atomic E-state index is 11.2. The first-order valence-electron chi connectivity index (χ1n) is 4.49. The van der Waals surface area contributed by atoms with Crippen molar-refractivity contribution in [2.75, 3.05) is 14.2 Å². The molecule has 0 unspecified atom stereocenters. The molecule has 0 bridgehead atoms. The highest BCUT2D eigenvalue weighted by Gasteiger charge is 2.14. The van der Waals surface area contributed by atoms with Gasteiger partial charge in [-0.3, -0.25) is 4.99 Å². The SMILES string of the molecule is C=C(C(=O)OC)C(=NC)C(C)=CCC. The van der Waals surface area contributed by atoms with Gasteiger partial charge < -0.3 is 4.74 Å². The molecule has 3 nitrogen and oxygen atoms in total. The van der Waals surface area contributed by atoms with E-state index in [1.807, 2.05) is 19.9 Å². The standard InChI is InChI=1S/C11H17NO2/c1-6-7-8(2)10(12-4)9(3)11(13)14-5/h7H,3,6H2,1-2,4-5H3. The lowest BCUT2D eigenvalue weighted by Gasteiger charge is -2.07. The zero-order valence-electron chi connectivity index (χ0n) is 9.26. The number of nitrogens with zero attached hydrogens (tertiary/aromatic N) is 1. The molecule has 0 aromatic rings. The third kappa shape index (κ3) is 3.17. The number of ether oxygens (including phenoxy) is 1. The molecule has 0 aliphatic heterocycles. The van der Waals surface area contributed by atoms with Crippen LogP contribution < -0.4 is 0 Å². The monoisotopic (exact) mass is 195 g/mol. The Labute approximate surface area is 85.2 Å². The van der Waals surface area contributed by atoms with Gasteiger partial charge in [0, 0.05) is 7.05 Å². The summed E-state index contributed by atoms with van der Waals surface area (Å²) in [4.78, 5) is 15.2. The van der Waals surface area contributed by atoms with Crippen LogP contribution in [0.2, 0.25) is 0 Å². The van der Waals surface area contributed by atoms with E-state index < -0.39 is 5.97 Å². The summed E-state index contributed by atoms with van der Waals surface area (Å²) in [5.74, 6) is -0.436. The van der Waals surface area contributed by atoms with Crippen molar-refractivity contribution >= 4 is 11.7 Å². The van der Waals surface area contributed by atoms with Crippen LogP contribution >= 0.6 is 0 Å². The van der Waals surface area contributed by atoms with E-state index in [4.69, 9.17) is 0 Å². The third-order valence-corrected chi connectivity index (χ3v) is 1.83. The van der Waals surface area contributed by atoms with Crippen molar-refractivity contribution in [3.63, 3.8) is 0 Å². The summed E-state index contributed by atoms with van der Waals surface area (Å²) in [6.07, 6.45) is 2.90. The fourth-order valence-corrected chi connectivity index (χ4v) is 1.17. The first-order valence-corrected chi connectivity index (χ1v) is 4.49. The van der Waals surface area contributed by atoms with Crippen molar-refractivity contribution in [2.45, 2.75) is 20.3 Å². The van der Waals surface area contributed by atoms with E-state index in [9.17, 15) is 4.79 Å². The molecule has 0 amide bonds. The zero-order chi connectivity index (χ0) is 11.1. The molecular formula is C11H17NO2. The number of hydrogen-bond donors (Lipinski definition) is 0. The molecule has 0 fully saturated rings. The van der Waals surface area contributed by atoms with Crippen LogP contribution in [0, 0.1) is 0 Å². The minimum atomic E-state index is -0.436. The second kappa shape index (κ2) is 6.13. The van der Waals surface area contributed by atoms with Crippen molar-refractivity contribution in [1.82, 2.24) is 0 Å². The van der Waals surface area contributed by atoms with E-state index in [0.717, 1.165) is 12.0 Å². The number of rotatable bonds is 4. The predicted molar refractivity (Wildman–Crippen MR) is 58.6 cm³/mol. The smallest absolute Gasteiger partial charge is 0.339 e. The summed E-state index contributed by atoms with van der Waals surface area (Å²) in [7, 11) is 2.97. The normalized spacial score (nSPS) is 12.6. The fraction of sp³-hybridized carbons (Fsp3) is 0.455. The first-order chi connectivity index (χ1) is 6.58. The van der Waals surface area contributed by atoms with Gasteiger partial charge in [0.15, 0.2) is 0 Å². The lowest BCUT2D eigenvalue weighted by molar-refractivity contribution is -0.135. The van der Waals surface area contributed by atoms with E-state index >= 15 is 0 Å². The molecule has 0 atom stereocenters. The number of carbonyl (C=O) groups excluding carboxylic acids is 1. The molecule has 0 aliphatic rings. The summed E-state index contributed by atoms with van der Waals surface area (Å²) >= 11 is 0. The Morgan fingerprint density at radius 1 is 1.57 bits per heavy atom. The largest absolute Gasteiger partial charge is 0.465 e. The van der Waals surface area contributed by atoms with Crippen LogP contribution in [0.3, 0.4) is 0 Å². The van der Waals surface area contributed by atoms with Gasteiger partial charge in [0.1, 0.15) is 0 Å². The summed E-state index contributed by atoms with van der Waals surface area (Å²) in [6, 6.07) is 0. The number of aliphatic imine (C=N–C) groups is 1. The minimum absolute atomic E-state index is 0.303. The van der Waals surface area contributed by atoms with E-state index in [2.05, 4.69) is 16.3 Å². The van der Waals surface area contributed by atoms with Crippen LogP contribution in [-0.2, 0) is 9.53 Å². The van der Waals surface area contributed by atoms with Crippen LogP contribution in [-0.4, -0.2) is 25.8 Å². The van der Waals surface area contributed by atoms with Gasteiger partial charge in [-0.15, -0.1) is 0 Å². The quantitative estimate of drug-likeness (QED) is 0.391. The van der Waals surface area contributed by atoms with E-state index in [1.165, 1.54) is 7.11 Å². The molecule has 0 N–H and O–H groups in total. The average Bonchev–Trinajstić information content (AvgIpc) is 2.18. The lowest BCUT2D eigenvalue weighted by atomic mass is 10.0. The average molecular weight is 195 g/mol. The third-order valence-electron chi connectivity index (χ3n) is 1.83. The van der Waals surface area contributed by atoms with Gasteiger partial charge >= 0.3 is 5.97 Å². The molecule has 0 spiro atoms. The Hall–Kier alpha value is -1.38. The molecule has 14 heavy (non-hydrogen) atoms. The highest BCUT2D eigenvalue weighted by molar-refractivity contribution is 6.25. The molecule has 0 aromatic carbocycles. The van der Waals surface area contributed by atoms with Gasteiger partial charge in [0.25, 0.3) is 0 Å². The summed E-state index contributed by atoms with van der Waals surface area (Å²) in [5, 5.41) is 0. The predicted octanol–water partition coefficient (Wildman–Crippen LogP) is 2.14. The van der Waals surface area contributed by atoms with Crippen molar-refractivity contribution in [3.8, 4) is 0 Å². The first kappa shape index (κ1) is 12.6. The summed E-state index contributed by atoms with van der Waals surface area (Å²) in [5.41, 5.74) is 1.86. The molecule has 0 saturated heterocycles. The number of hydrogen-bond acceptors (Lipinski definition) is 3. The molecule has 0 saturated carbocycles. The van der Waals surface area contributed by atoms with Gasteiger partial charge in [0.2, 0.25) is 0 Å². The number of carbonyl (C=O) groups is 1. The van der Waals surface area contributed by atoms with Crippen molar-refractivity contribution in [3.05, 3.63) is 23.8 Å². The summed E-state index contributed by atoms with van der Waals surface area (Å²) < 4.78 is 4.58. The Balaban J connectivity index is 4.85. The molecule has 3 heteroatoms. The fourth-order valence-electron chi connectivity index (χ4n) is 1.17. The Kier molecular flexibility index (Phi) is 5.53. The lowest BCUT2D eigenvalue weighted by Crippen LogP contribution is -2.14. The second-order valence-electron chi connectivity index (χ2n) is 2.84. The van der Waals surface area contributed by atoms with E-state index in [0.29, 0.717) is 11.3 Å². The molecule has 0 aromatic heterocycles. The van der Waals surface area contributed by atoms with Gasteiger partial charge in [-0.2, -0.15) is 0 Å². The molecule has 0 heterocycles. The van der Waals surface area contributed by atoms with Crippen molar-refractivity contribution in [2.24, 2.45) is 4.99 Å². The van der Waals surface area contributed by atoms with E-state index in [-0.39, 0.29) is 0 Å². The number of allylic oxidation sites excluding steroid dienone is 2. The van der Waals surface area contributed by atoms with Gasteiger partial charge in [0.05, 0.1) is 18.4 Å². The van der Waals surface area contributed by atoms with E-state index in [1.54, 1.807) is 7.05 Å². The Bertz CT molecular complexity index is 288. The highest BCUT2D eigenvalue weighted by atomic mass is 16.5. The van der Waals surface area contributed by atoms with Crippen LogP contribution in [0.25, 0.3) is 0 Å². The highest BCUT2D eigenvalue weighted by Crippen LogP contribution is 2.08. The van der Waals surface area contributed by atoms with Gasteiger partial charge in [-0.05, 0) is 18.9 Å². The van der Waals surface area contributed by atoms with Gasteiger partial charge in [-0.1, -0.05) is 19.6 Å². The Morgan fingerprint density at radius 3 is 2.50 bits per heavy atom. The van der Waals surface area contributed by atoms with Crippen LogP contribution in [0.15, 0.2) is 28.8 Å². The molecule has 0 radical (unpaired) electrons. The Morgan fingerprint density at radius 2 is 2.14 bits per heavy atom. The molecule has 0 rings (SSSR count). The van der Waals surface area contributed by atoms with Crippen molar-refractivity contribution < 1.29 is 9.53 Å². The minimum Gasteiger partial charge on any atom is -0.465 e.